The van der Waals surface area contributed by atoms with E-state index < -0.39 is 27.3 Å². The standard InChI is InChI=1S/C28H19ClN2O4S/c29-21-10-12-22(13-11-21)36(34,35)30-25-26(28(33)24-9-5-4-8-23(24)27(25)32)31-16-14-20(15-17-31)18-19-6-2-1-3-7-19/h1-17H,18H2. The van der Waals surface area contributed by atoms with Crippen LogP contribution in [-0.2, 0) is 16.4 Å². The van der Waals surface area contributed by atoms with Gasteiger partial charge in [0, 0.05) is 22.7 Å². The summed E-state index contributed by atoms with van der Waals surface area (Å²) in [6.45, 7) is 0. The van der Waals surface area contributed by atoms with Gasteiger partial charge in [0.2, 0.25) is 11.5 Å². The van der Waals surface area contributed by atoms with Gasteiger partial charge in [0.05, 0.1) is 4.90 Å². The second kappa shape index (κ2) is 9.53. The molecule has 1 aliphatic rings. The van der Waals surface area contributed by atoms with Crippen molar-refractivity contribution < 1.29 is 22.9 Å². The van der Waals surface area contributed by atoms with Gasteiger partial charge in [-0.2, -0.15) is 13.0 Å². The zero-order valence-electron chi connectivity index (χ0n) is 18.8. The SMILES string of the molecule is O=C1/C(=N\S(=O)(=O)c2ccc(Cl)cc2)C([n+]2ccc(Cc3ccccc3)cc2)=C([O-])c2ccccc21. The fraction of sp³-hybridized carbons (Fsp3) is 0.0357. The lowest BCUT2D eigenvalue weighted by Crippen LogP contribution is -2.43. The van der Waals surface area contributed by atoms with Crippen LogP contribution in [0.1, 0.15) is 27.0 Å². The van der Waals surface area contributed by atoms with E-state index in [-0.39, 0.29) is 21.7 Å². The molecule has 3 aromatic carbocycles. The van der Waals surface area contributed by atoms with Crippen molar-refractivity contribution in [3.63, 3.8) is 0 Å². The van der Waals surface area contributed by atoms with Gasteiger partial charge in [-0.25, -0.2) is 0 Å². The molecule has 0 atom stereocenters. The highest BCUT2D eigenvalue weighted by Crippen LogP contribution is 2.28. The van der Waals surface area contributed by atoms with E-state index in [2.05, 4.69) is 4.40 Å². The van der Waals surface area contributed by atoms with Crippen LogP contribution in [0.3, 0.4) is 0 Å². The van der Waals surface area contributed by atoms with Crippen molar-refractivity contribution in [2.24, 2.45) is 4.40 Å². The number of nitrogens with zero attached hydrogens (tertiary/aromatic N) is 2. The lowest BCUT2D eigenvalue weighted by Gasteiger charge is -2.23. The summed E-state index contributed by atoms with van der Waals surface area (Å²) >= 11 is 5.88. The third-order valence-corrected chi connectivity index (χ3v) is 7.34. The average molecular weight is 515 g/mol. The summed E-state index contributed by atoms with van der Waals surface area (Å²) in [5.74, 6) is -1.13. The molecule has 0 amide bonds. The normalized spacial score (nSPS) is 14.7. The number of sulfonamides is 1. The van der Waals surface area contributed by atoms with Gasteiger partial charge in [-0.3, -0.25) is 4.79 Å². The van der Waals surface area contributed by atoms with Gasteiger partial charge in [-0.1, -0.05) is 66.2 Å². The summed E-state index contributed by atoms with van der Waals surface area (Å²) in [7, 11) is -4.30. The molecule has 0 N–H and O–H groups in total. The van der Waals surface area contributed by atoms with Crippen molar-refractivity contribution in [2.45, 2.75) is 11.3 Å². The Bertz CT molecular complexity index is 1630. The van der Waals surface area contributed by atoms with E-state index in [0.717, 1.165) is 11.1 Å². The molecule has 0 saturated carbocycles. The highest BCUT2D eigenvalue weighted by molar-refractivity contribution is 7.90. The number of fused-ring (bicyclic) bond motifs is 1. The Balaban J connectivity index is 1.62. The zero-order chi connectivity index (χ0) is 25.3. The smallest absolute Gasteiger partial charge is 0.283 e. The van der Waals surface area contributed by atoms with E-state index in [1.54, 1.807) is 30.6 Å². The zero-order valence-corrected chi connectivity index (χ0v) is 20.4. The molecular weight excluding hydrogens is 496 g/mol. The maximum absolute atomic E-state index is 13.5. The third kappa shape index (κ3) is 4.58. The van der Waals surface area contributed by atoms with Crippen LogP contribution in [0, 0.1) is 0 Å². The molecule has 1 aromatic heterocycles. The summed E-state index contributed by atoms with van der Waals surface area (Å²) in [4.78, 5) is 13.3. The molecule has 0 saturated heterocycles. The van der Waals surface area contributed by atoms with E-state index >= 15 is 0 Å². The van der Waals surface area contributed by atoms with Crippen molar-refractivity contribution in [3.8, 4) is 0 Å². The molecule has 4 aromatic rings. The number of Topliss-reactive ketones (excluding diaryl/α,β-unsaturated/α-hetero) is 1. The molecule has 1 aliphatic carbocycles. The van der Waals surface area contributed by atoms with Gasteiger partial charge in [0.1, 0.15) is 0 Å². The van der Waals surface area contributed by atoms with Crippen LogP contribution >= 0.6 is 11.6 Å². The van der Waals surface area contributed by atoms with Gasteiger partial charge in [0.15, 0.2) is 18.1 Å². The number of ketones is 1. The van der Waals surface area contributed by atoms with Crippen LogP contribution in [0.15, 0.2) is 113 Å². The number of halogens is 1. The van der Waals surface area contributed by atoms with E-state index in [1.807, 2.05) is 42.5 Å². The summed E-state index contributed by atoms with van der Waals surface area (Å²) in [5.41, 5.74) is 1.85. The Hall–Kier alpha value is -4.07. The first-order valence-corrected chi connectivity index (χ1v) is 12.9. The summed E-state index contributed by atoms with van der Waals surface area (Å²) < 4.78 is 31.5. The van der Waals surface area contributed by atoms with Crippen LogP contribution in [0.5, 0.6) is 0 Å². The Morgan fingerprint density at radius 3 is 2.03 bits per heavy atom. The van der Waals surface area contributed by atoms with Gasteiger partial charge < -0.3 is 5.11 Å². The van der Waals surface area contributed by atoms with E-state index in [1.165, 1.54) is 34.9 Å². The predicted octanol–water partition coefficient (Wildman–Crippen LogP) is 3.93. The first-order chi connectivity index (χ1) is 17.3. The average Bonchev–Trinajstić information content (AvgIpc) is 2.89. The second-order valence-electron chi connectivity index (χ2n) is 8.20. The van der Waals surface area contributed by atoms with E-state index in [4.69, 9.17) is 11.6 Å². The molecule has 8 heteroatoms. The molecule has 0 bridgehead atoms. The molecule has 0 radical (unpaired) electrons. The minimum absolute atomic E-state index is 0.109. The maximum Gasteiger partial charge on any atom is 0.283 e. The van der Waals surface area contributed by atoms with Crippen molar-refractivity contribution in [3.05, 3.63) is 131 Å². The molecule has 1 heterocycles. The first kappa shape index (κ1) is 23.7. The lowest BCUT2D eigenvalue weighted by molar-refractivity contribution is -0.577. The van der Waals surface area contributed by atoms with Crippen LogP contribution in [0.2, 0.25) is 5.02 Å². The number of aromatic nitrogens is 1. The Morgan fingerprint density at radius 2 is 1.36 bits per heavy atom. The van der Waals surface area contributed by atoms with Gasteiger partial charge in [-0.15, -0.1) is 4.40 Å². The minimum atomic E-state index is -4.30. The quantitative estimate of drug-likeness (QED) is 0.377. The largest absolute Gasteiger partial charge is 0.867 e. The van der Waals surface area contributed by atoms with E-state index in [9.17, 15) is 18.3 Å². The van der Waals surface area contributed by atoms with Crippen LogP contribution in [0.4, 0.5) is 0 Å². The fourth-order valence-electron chi connectivity index (χ4n) is 4.01. The predicted molar refractivity (Wildman–Crippen MR) is 136 cm³/mol. The first-order valence-electron chi connectivity index (χ1n) is 11.0. The molecule has 5 rings (SSSR count). The minimum Gasteiger partial charge on any atom is -0.867 e. The molecule has 0 unspecified atom stereocenters. The highest BCUT2D eigenvalue weighted by atomic mass is 35.5. The summed E-state index contributed by atoms with van der Waals surface area (Å²) in [6.07, 6.45) is 3.95. The third-order valence-electron chi connectivity index (χ3n) is 5.80. The molecule has 0 fully saturated rings. The molecule has 0 spiro atoms. The molecule has 36 heavy (non-hydrogen) atoms. The molecule has 0 aliphatic heterocycles. The Kier molecular flexibility index (Phi) is 6.26. The Morgan fingerprint density at radius 1 is 0.778 bits per heavy atom. The van der Waals surface area contributed by atoms with Gasteiger partial charge in [0.25, 0.3) is 10.0 Å². The number of carbonyl (C=O) groups is 1. The number of hydrogen-bond acceptors (Lipinski definition) is 4. The van der Waals surface area contributed by atoms with Gasteiger partial charge >= 0.3 is 0 Å². The van der Waals surface area contributed by atoms with Crippen LogP contribution in [0.25, 0.3) is 11.5 Å². The van der Waals surface area contributed by atoms with Crippen molar-refractivity contribution in [1.82, 2.24) is 0 Å². The van der Waals surface area contributed by atoms with Crippen molar-refractivity contribution in [2.75, 3.05) is 0 Å². The maximum atomic E-state index is 13.5. The highest BCUT2D eigenvalue weighted by Gasteiger charge is 2.35. The number of carbonyl (C=O) groups excluding carboxylic acids is 1. The monoisotopic (exact) mass is 514 g/mol. The number of benzene rings is 3. The summed E-state index contributed by atoms with van der Waals surface area (Å²) in [6, 6.07) is 25.3. The fourth-order valence-corrected chi connectivity index (χ4v) is 5.13. The van der Waals surface area contributed by atoms with Crippen molar-refractivity contribution in [1.29, 1.82) is 0 Å². The second-order valence-corrected chi connectivity index (χ2v) is 10.2. The Labute approximate surface area is 213 Å². The number of hydrogen-bond donors (Lipinski definition) is 0. The lowest BCUT2D eigenvalue weighted by atomic mass is 9.91. The van der Waals surface area contributed by atoms with Crippen LogP contribution in [-0.4, -0.2) is 19.9 Å². The number of pyridine rings is 1. The molecule has 6 nitrogen and oxygen atoms in total. The van der Waals surface area contributed by atoms with Crippen LogP contribution < -0.4 is 9.67 Å². The van der Waals surface area contributed by atoms with Gasteiger partial charge in [-0.05, 0) is 53.1 Å². The number of allylic oxidation sites excluding steroid dienone is 1. The molecule has 178 valence electrons. The van der Waals surface area contributed by atoms with Crippen molar-refractivity contribution >= 4 is 44.6 Å². The molecular formula is C28H19ClN2O4S. The topological polar surface area (TPSA) is 90.5 Å². The number of rotatable bonds is 5. The van der Waals surface area contributed by atoms with E-state index in [0.29, 0.717) is 11.4 Å². The summed E-state index contributed by atoms with van der Waals surface area (Å²) in [5, 5.41) is 13.9.